The van der Waals surface area contributed by atoms with Gasteiger partial charge in [-0.05, 0) is 32.1 Å². The van der Waals surface area contributed by atoms with E-state index >= 15 is 0 Å². The zero-order valence-electron chi connectivity index (χ0n) is 13.3. The second-order valence-electron chi connectivity index (χ2n) is 6.49. The number of aromatic nitrogens is 3. The lowest BCUT2D eigenvalue weighted by atomic mass is 9.75. The van der Waals surface area contributed by atoms with Gasteiger partial charge in [-0.2, -0.15) is 5.26 Å². The largest absolute Gasteiger partial charge is 0.320 e. The molecule has 1 saturated carbocycles. The summed E-state index contributed by atoms with van der Waals surface area (Å²) in [6.07, 6.45) is 11.0. The van der Waals surface area contributed by atoms with Gasteiger partial charge in [0.1, 0.15) is 11.7 Å². The zero-order chi connectivity index (χ0) is 15.3. The maximum atomic E-state index is 9.30. The van der Waals surface area contributed by atoms with E-state index in [1.54, 1.807) is 4.68 Å². The third-order valence-corrected chi connectivity index (χ3v) is 4.81. The first-order valence-electron chi connectivity index (χ1n) is 8.20. The molecule has 5 nitrogen and oxygen atoms in total. The molecule has 0 aromatic carbocycles. The first-order valence-corrected chi connectivity index (χ1v) is 8.20. The van der Waals surface area contributed by atoms with Crippen LogP contribution >= 0.6 is 0 Å². The Bertz CT molecular complexity index is 479. The summed E-state index contributed by atoms with van der Waals surface area (Å²) in [5.74, 6) is 0.465. The minimum atomic E-state index is -0.441. The van der Waals surface area contributed by atoms with Crippen molar-refractivity contribution < 1.29 is 0 Å². The van der Waals surface area contributed by atoms with Crippen LogP contribution in [-0.2, 0) is 5.54 Å². The molecule has 1 fully saturated rings. The van der Waals surface area contributed by atoms with Crippen molar-refractivity contribution in [2.75, 3.05) is 0 Å². The van der Waals surface area contributed by atoms with Crippen LogP contribution in [0.3, 0.4) is 0 Å². The molecule has 1 aromatic rings. The van der Waals surface area contributed by atoms with Gasteiger partial charge in [0.05, 0.1) is 17.8 Å². The van der Waals surface area contributed by atoms with Crippen molar-refractivity contribution in [1.82, 2.24) is 15.0 Å². The second-order valence-corrected chi connectivity index (χ2v) is 6.49. The van der Waals surface area contributed by atoms with E-state index in [4.69, 9.17) is 5.73 Å². The fraction of sp³-hybridized carbons (Fsp3) is 0.812. The van der Waals surface area contributed by atoms with Crippen LogP contribution in [0.15, 0.2) is 6.20 Å². The number of nitriles is 1. The number of hydrogen-bond acceptors (Lipinski definition) is 4. The lowest BCUT2D eigenvalue weighted by Gasteiger charge is -2.35. The number of hydrogen-bond donors (Lipinski definition) is 1. The Kier molecular flexibility index (Phi) is 5.35. The molecule has 116 valence electrons. The monoisotopic (exact) mass is 289 g/mol. The average Bonchev–Trinajstić information content (AvgIpc) is 2.99. The summed E-state index contributed by atoms with van der Waals surface area (Å²) in [6.45, 7) is 4.19. The molecule has 0 spiro atoms. The third-order valence-electron chi connectivity index (χ3n) is 4.81. The summed E-state index contributed by atoms with van der Waals surface area (Å²) in [5.41, 5.74) is 6.95. The topological polar surface area (TPSA) is 80.5 Å². The summed E-state index contributed by atoms with van der Waals surface area (Å²) >= 11 is 0. The molecular formula is C16H27N5. The molecule has 5 heteroatoms. The first kappa shape index (κ1) is 16.0. The normalized spacial score (nSPS) is 20.7. The van der Waals surface area contributed by atoms with Crippen molar-refractivity contribution in [3.63, 3.8) is 0 Å². The Morgan fingerprint density at radius 3 is 2.81 bits per heavy atom. The molecule has 1 aliphatic carbocycles. The van der Waals surface area contributed by atoms with E-state index in [0.29, 0.717) is 5.92 Å². The van der Waals surface area contributed by atoms with Crippen molar-refractivity contribution in [2.45, 2.75) is 76.8 Å². The predicted molar refractivity (Wildman–Crippen MR) is 82.3 cm³/mol. The Labute approximate surface area is 127 Å². The van der Waals surface area contributed by atoms with Crippen LogP contribution in [0.1, 0.15) is 76.9 Å². The van der Waals surface area contributed by atoms with E-state index in [-0.39, 0.29) is 6.04 Å². The van der Waals surface area contributed by atoms with E-state index in [0.717, 1.165) is 37.8 Å². The third kappa shape index (κ3) is 3.62. The zero-order valence-corrected chi connectivity index (χ0v) is 13.3. The maximum absolute atomic E-state index is 9.30. The fourth-order valence-corrected chi connectivity index (χ4v) is 3.24. The molecule has 2 atom stereocenters. The molecule has 0 bridgehead atoms. The molecule has 1 aromatic heterocycles. The summed E-state index contributed by atoms with van der Waals surface area (Å²) in [7, 11) is 0. The van der Waals surface area contributed by atoms with Gasteiger partial charge in [-0.25, -0.2) is 4.68 Å². The molecule has 0 unspecified atom stereocenters. The maximum Gasteiger partial charge on any atom is 0.140 e. The highest BCUT2D eigenvalue weighted by Gasteiger charge is 2.35. The van der Waals surface area contributed by atoms with Crippen LogP contribution in [-0.4, -0.2) is 15.0 Å². The number of rotatable bonds is 6. The highest BCUT2D eigenvalue weighted by Crippen LogP contribution is 2.36. The van der Waals surface area contributed by atoms with Crippen LogP contribution in [0.4, 0.5) is 0 Å². The Hall–Kier alpha value is -1.41. The van der Waals surface area contributed by atoms with Crippen LogP contribution in [0.25, 0.3) is 0 Å². The lowest BCUT2D eigenvalue weighted by molar-refractivity contribution is 0.219. The summed E-state index contributed by atoms with van der Waals surface area (Å²) in [5, 5.41) is 17.7. The number of nitrogens with zero attached hydrogens (tertiary/aromatic N) is 4. The van der Waals surface area contributed by atoms with Gasteiger partial charge in [0.15, 0.2) is 0 Å². The van der Waals surface area contributed by atoms with Gasteiger partial charge >= 0.3 is 0 Å². The van der Waals surface area contributed by atoms with Gasteiger partial charge in [0, 0.05) is 0 Å². The molecule has 2 rings (SSSR count). The average molecular weight is 289 g/mol. The summed E-state index contributed by atoms with van der Waals surface area (Å²) in [6, 6.07) is 2.09. The molecule has 2 N–H and O–H groups in total. The van der Waals surface area contributed by atoms with Crippen molar-refractivity contribution in [3.8, 4) is 6.07 Å². The van der Waals surface area contributed by atoms with Crippen molar-refractivity contribution in [1.29, 1.82) is 5.26 Å². The van der Waals surface area contributed by atoms with Crippen LogP contribution < -0.4 is 5.73 Å². The van der Waals surface area contributed by atoms with Crippen molar-refractivity contribution in [3.05, 3.63) is 11.9 Å². The quantitative estimate of drug-likeness (QED) is 0.871. The van der Waals surface area contributed by atoms with Crippen molar-refractivity contribution >= 4 is 0 Å². The first-order chi connectivity index (χ1) is 10.1. The Balaban J connectivity index is 2.12. The molecular weight excluding hydrogens is 262 g/mol. The highest BCUT2D eigenvalue weighted by molar-refractivity contribution is 5.12. The van der Waals surface area contributed by atoms with Gasteiger partial charge < -0.3 is 5.73 Å². The Morgan fingerprint density at radius 1 is 1.48 bits per heavy atom. The van der Waals surface area contributed by atoms with E-state index in [2.05, 4.69) is 30.2 Å². The Morgan fingerprint density at radius 2 is 2.19 bits per heavy atom. The van der Waals surface area contributed by atoms with E-state index in [1.165, 1.54) is 19.3 Å². The van der Waals surface area contributed by atoms with Gasteiger partial charge in [0.25, 0.3) is 0 Å². The molecule has 1 heterocycles. The number of nitrogens with two attached hydrogens (primary N) is 1. The fourth-order valence-electron chi connectivity index (χ4n) is 3.24. The standard InChI is InChI=1S/C16H27N5/c1-3-4-10-14(11-17)21-12-15(19-20-21)16(2,18)13-8-6-5-7-9-13/h12-14H,3-10,18H2,1-2H3/t14-,16-/m0/s1. The molecule has 0 aliphatic heterocycles. The lowest BCUT2D eigenvalue weighted by Crippen LogP contribution is -2.42. The minimum absolute atomic E-state index is 0.228. The van der Waals surface area contributed by atoms with E-state index in [9.17, 15) is 5.26 Å². The van der Waals surface area contributed by atoms with Crippen molar-refractivity contribution in [2.24, 2.45) is 11.7 Å². The van der Waals surface area contributed by atoms with Gasteiger partial charge in [-0.3, -0.25) is 0 Å². The smallest absolute Gasteiger partial charge is 0.140 e. The molecule has 21 heavy (non-hydrogen) atoms. The molecule has 0 radical (unpaired) electrons. The van der Waals surface area contributed by atoms with E-state index < -0.39 is 5.54 Å². The van der Waals surface area contributed by atoms with Gasteiger partial charge in [0.2, 0.25) is 0 Å². The molecule has 0 amide bonds. The molecule has 0 saturated heterocycles. The second kappa shape index (κ2) is 7.04. The van der Waals surface area contributed by atoms with Gasteiger partial charge in [-0.15, -0.1) is 5.10 Å². The van der Waals surface area contributed by atoms with Crippen LogP contribution in [0.5, 0.6) is 0 Å². The summed E-state index contributed by atoms with van der Waals surface area (Å²) < 4.78 is 1.69. The van der Waals surface area contributed by atoms with Crippen LogP contribution in [0.2, 0.25) is 0 Å². The predicted octanol–water partition coefficient (Wildman–Crippen LogP) is 3.29. The summed E-state index contributed by atoms with van der Waals surface area (Å²) in [4.78, 5) is 0. The SMILES string of the molecule is CCCC[C@@H](C#N)n1cc([C@@](C)(N)C2CCCCC2)nn1. The van der Waals surface area contributed by atoms with E-state index in [1.807, 2.05) is 6.20 Å². The van der Waals surface area contributed by atoms with Gasteiger partial charge in [-0.1, -0.05) is 44.2 Å². The minimum Gasteiger partial charge on any atom is -0.320 e. The van der Waals surface area contributed by atoms with Crippen LogP contribution in [0, 0.1) is 17.2 Å². The highest BCUT2D eigenvalue weighted by atomic mass is 15.4. The number of unbranched alkanes of at least 4 members (excludes halogenated alkanes) is 1. The molecule has 1 aliphatic rings.